The van der Waals surface area contributed by atoms with Gasteiger partial charge in [-0.2, -0.15) is 13.2 Å². The van der Waals surface area contributed by atoms with Gasteiger partial charge in [-0.25, -0.2) is 0 Å². The van der Waals surface area contributed by atoms with Crippen molar-refractivity contribution in [1.29, 1.82) is 0 Å². The van der Waals surface area contributed by atoms with Crippen LogP contribution in [-0.2, 0) is 0 Å². The Kier molecular flexibility index (Phi) is 4.47. The zero-order valence-electron chi connectivity index (χ0n) is 8.19. The lowest BCUT2D eigenvalue weighted by molar-refractivity contribution is -0.136. The quantitative estimate of drug-likeness (QED) is 0.870. The van der Waals surface area contributed by atoms with Crippen molar-refractivity contribution < 1.29 is 13.2 Å². The molecule has 0 bridgehead atoms. The number of benzene rings is 1. The van der Waals surface area contributed by atoms with Crippen molar-refractivity contribution in [3.63, 3.8) is 0 Å². The second-order valence-electron chi connectivity index (χ2n) is 3.43. The monoisotopic (exact) mass is 271 g/mol. The molecule has 0 aliphatic carbocycles. The van der Waals surface area contributed by atoms with Gasteiger partial charge in [0.1, 0.15) is 0 Å². The molecule has 0 aromatic heterocycles. The fraction of sp³-hybridized carbons (Fsp3) is 0.400. The molecule has 1 aromatic carbocycles. The Bertz CT molecular complexity index is 366. The van der Waals surface area contributed by atoms with Gasteiger partial charge in [0.25, 0.3) is 0 Å². The van der Waals surface area contributed by atoms with Gasteiger partial charge in [-0.3, -0.25) is 0 Å². The van der Waals surface area contributed by atoms with Gasteiger partial charge in [0.15, 0.2) is 0 Å². The minimum Gasteiger partial charge on any atom is -0.324 e. The SMILES string of the molecule is N[C@@H](CCC(F)(F)F)c1ccc(Cl)c(Cl)c1. The van der Waals surface area contributed by atoms with Gasteiger partial charge in [-0.05, 0) is 24.1 Å². The molecule has 6 heteroatoms. The summed E-state index contributed by atoms with van der Waals surface area (Å²) in [5.41, 5.74) is 6.17. The highest BCUT2D eigenvalue weighted by molar-refractivity contribution is 6.42. The van der Waals surface area contributed by atoms with Crippen LogP contribution < -0.4 is 5.73 Å². The first-order valence-corrected chi connectivity index (χ1v) is 5.32. The third kappa shape index (κ3) is 4.20. The highest BCUT2D eigenvalue weighted by atomic mass is 35.5. The zero-order chi connectivity index (χ0) is 12.3. The third-order valence-electron chi connectivity index (χ3n) is 2.11. The number of hydrogen-bond donors (Lipinski definition) is 1. The van der Waals surface area contributed by atoms with Crippen LogP contribution in [0.2, 0.25) is 10.0 Å². The van der Waals surface area contributed by atoms with E-state index in [1.165, 1.54) is 12.1 Å². The molecule has 90 valence electrons. The summed E-state index contributed by atoms with van der Waals surface area (Å²) in [5.74, 6) is 0. The molecule has 1 rings (SSSR count). The minimum atomic E-state index is -4.19. The normalized spacial score (nSPS) is 13.9. The summed E-state index contributed by atoms with van der Waals surface area (Å²) in [6.45, 7) is 0. The maximum absolute atomic E-state index is 12.0. The first-order valence-electron chi connectivity index (χ1n) is 4.57. The Balaban J connectivity index is 2.66. The number of halogens is 5. The van der Waals surface area contributed by atoms with E-state index in [0.29, 0.717) is 15.6 Å². The van der Waals surface area contributed by atoms with Crippen molar-refractivity contribution in [3.8, 4) is 0 Å². The summed E-state index contributed by atoms with van der Waals surface area (Å²) < 4.78 is 35.9. The highest BCUT2D eigenvalue weighted by Crippen LogP contribution is 2.29. The molecule has 16 heavy (non-hydrogen) atoms. The van der Waals surface area contributed by atoms with Crippen LogP contribution in [0.15, 0.2) is 18.2 Å². The lowest BCUT2D eigenvalue weighted by atomic mass is 10.0. The van der Waals surface area contributed by atoms with E-state index in [4.69, 9.17) is 28.9 Å². The molecule has 0 saturated heterocycles. The lowest BCUT2D eigenvalue weighted by Gasteiger charge is -2.14. The Morgan fingerprint density at radius 1 is 1.19 bits per heavy atom. The summed E-state index contributed by atoms with van der Waals surface area (Å²) in [4.78, 5) is 0. The molecule has 0 amide bonds. The second kappa shape index (κ2) is 5.25. The maximum atomic E-state index is 12.0. The summed E-state index contributed by atoms with van der Waals surface area (Å²) in [6.07, 6.45) is -5.26. The van der Waals surface area contributed by atoms with E-state index < -0.39 is 18.6 Å². The predicted octanol–water partition coefficient (Wildman–Crippen LogP) is 4.34. The van der Waals surface area contributed by atoms with Crippen molar-refractivity contribution in [2.24, 2.45) is 5.73 Å². The van der Waals surface area contributed by atoms with Crippen LogP contribution >= 0.6 is 23.2 Å². The van der Waals surface area contributed by atoms with Crippen molar-refractivity contribution in [2.45, 2.75) is 25.1 Å². The van der Waals surface area contributed by atoms with Crippen molar-refractivity contribution in [1.82, 2.24) is 0 Å². The fourth-order valence-electron chi connectivity index (χ4n) is 1.23. The zero-order valence-corrected chi connectivity index (χ0v) is 9.70. The standard InChI is InChI=1S/C10H10Cl2F3N/c11-7-2-1-6(5-8(7)12)9(16)3-4-10(13,14)15/h1-2,5,9H,3-4,16H2/t9-/m0/s1. The predicted molar refractivity (Wildman–Crippen MR) is 58.7 cm³/mol. The number of nitrogens with two attached hydrogens (primary N) is 1. The molecule has 0 aliphatic rings. The Morgan fingerprint density at radius 2 is 1.81 bits per heavy atom. The molecule has 0 saturated carbocycles. The van der Waals surface area contributed by atoms with E-state index in [2.05, 4.69) is 0 Å². The van der Waals surface area contributed by atoms with Crippen LogP contribution in [0.4, 0.5) is 13.2 Å². The average Bonchev–Trinajstić information content (AvgIpc) is 2.17. The van der Waals surface area contributed by atoms with Gasteiger partial charge in [0.05, 0.1) is 10.0 Å². The molecule has 0 aliphatic heterocycles. The van der Waals surface area contributed by atoms with Crippen LogP contribution in [0.25, 0.3) is 0 Å². The summed E-state index contributed by atoms with van der Waals surface area (Å²) in [5, 5.41) is 0.648. The lowest BCUT2D eigenvalue weighted by Crippen LogP contribution is -2.15. The van der Waals surface area contributed by atoms with Crippen LogP contribution in [-0.4, -0.2) is 6.18 Å². The Morgan fingerprint density at radius 3 is 2.31 bits per heavy atom. The third-order valence-corrected chi connectivity index (χ3v) is 2.85. The van der Waals surface area contributed by atoms with E-state index >= 15 is 0 Å². The summed E-state index contributed by atoms with van der Waals surface area (Å²) in [7, 11) is 0. The molecular weight excluding hydrogens is 262 g/mol. The van der Waals surface area contributed by atoms with E-state index in [-0.39, 0.29) is 6.42 Å². The van der Waals surface area contributed by atoms with Crippen LogP contribution in [0.1, 0.15) is 24.4 Å². The van der Waals surface area contributed by atoms with Gasteiger partial charge < -0.3 is 5.73 Å². The van der Waals surface area contributed by atoms with E-state index in [9.17, 15) is 13.2 Å². The molecule has 1 aromatic rings. The van der Waals surface area contributed by atoms with Gasteiger partial charge in [0.2, 0.25) is 0 Å². The van der Waals surface area contributed by atoms with Crippen molar-refractivity contribution in [2.75, 3.05) is 0 Å². The fourth-order valence-corrected chi connectivity index (χ4v) is 1.54. The average molecular weight is 272 g/mol. The van der Waals surface area contributed by atoms with E-state index in [1.807, 2.05) is 0 Å². The molecule has 0 fully saturated rings. The minimum absolute atomic E-state index is 0.165. The first-order chi connectivity index (χ1) is 7.29. The molecule has 0 radical (unpaired) electrons. The number of rotatable bonds is 3. The van der Waals surface area contributed by atoms with Gasteiger partial charge in [0, 0.05) is 12.5 Å². The first kappa shape index (κ1) is 13.6. The molecular formula is C10H10Cl2F3N. The van der Waals surface area contributed by atoms with Gasteiger partial charge in [-0.1, -0.05) is 29.3 Å². The molecule has 1 nitrogen and oxygen atoms in total. The topological polar surface area (TPSA) is 26.0 Å². The molecule has 2 N–H and O–H groups in total. The summed E-state index contributed by atoms with van der Waals surface area (Å²) >= 11 is 11.4. The van der Waals surface area contributed by atoms with Crippen LogP contribution in [0.3, 0.4) is 0 Å². The molecule has 0 heterocycles. The van der Waals surface area contributed by atoms with Crippen LogP contribution in [0, 0.1) is 0 Å². The second-order valence-corrected chi connectivity index (χ2v) is 4.25. The van der Waals surface area contributed by atoms with Crippen LogP contribution in [0.5, 0.6) is 0 Å². The number of alkyl halides is 3. The smallest absolute Gasteiger partial charge is 0.324 e. The van der Waals surface area contributed by atoms with E-state index in [0.717, 1.165) is 0 Å². The maximum Gasteiger partial charge on any atom is 0.389 e. The Labute approximate surface area is 101 Å². The van der Waals surface area contributed by atoms with Gasteiger partial charge in [-0.15, -0.1) is 0 Å². The van der Waals surface area contributed by atoms with Gasteiger partial charge >= 0.3 is 6.18 Å². The van der Waals surface area contributed by atoms with Crippen molar-refractivity contribution in [3.05, 3.63) is 33.8 Å². The summed E-state index contributed by atoms with van der Waals surface area (Å²) in [6, 6.07) is 3.91. The molecule has 0 unspecified atom stereocenters. The number of hydrogen-bond acceptors (Lipinski definition) is 1. The van der Waals surface area contributed by atoms with Crippen molar-refractivity contribution >= 4 is 23.2 Å². The molecule has 0 spiro atoms. The Hall–Kier alpha value is -0.450. The molecule has 1 atom stereocenters. The van der Waals surface area contributed by atoms with E-state index in [1.54, 1.807) is 6.07 Å². The highest BCUT2D eigenvalue weighted by Gasteiger charge is 2.27. The largest absolute Gasteiger partial charge is 0.389 e.